The summed E-state index contributed by atoms with van der Waals surface area (Å²) in [5.74, 6) is -2.55. The van der Waals surface area contributed by atoms with E-state index in [0.717, 1.165) is 6.07 Å². The smallest absolute Gasteiger partial charge is 0.266 e. The van der Waals surface area contributed by atoms with Gasteiger partial charge >= 0.3 is 0 Å². The van der Waals surface area contributed by atoms with Crippen molar-refractivity contribution in [3.8, 4) is 17.4 Å². The number of aromatic nitrogens is 1. The number of ether oxygens (including phenoxy) is 3. The number of hydrogen-bond donors (Lipinski definition) is 0. The van der Waals surface area contributed by atoms with E-state index in [1.807, 2.05) is 0 Å². The lowest BCUT2D eigenvalue weighted by Crippen LogP contribution is -2.38. The Labute approximate surface area is 183 Å². The van der Waals surface area contributed by atoms with Gasteiger partial charge in [-0.1, -0.05) is 0 Å². The Kier molecular flexibility index (Phi) is 6.79. The molecule has 8 nitrogen and oxygen atoms in total. The summed E-state index contributed by atoms with van der Waals surface area (Å²) in [5.41, 5.74) is 0.0158. The molecule has 0 atom stereocenters. The minimum Gasteiger partial charge on any atom is -0.497 e. The Morgan fingerprint density at radius 2 is 1.31 bits per heavy atom. The van der Waals surface area contributed by atoms with E-state index in [0.29, 0.717) is 22.7 Å². The number of carbonyl (C=O) groups excluding carboxylic acids is 3. The van der Waals surface area contributed by atoms with E-state index < -0.39 is 23.4 Å². The lowest BCUT2D eigenvalue weighted by molar-refractivity contribution is 0.0894. The molecule has 0 fully saturated rings. The zero-order valence-corrected chi connectivity index (χ0v) is 17.5. The number of imide groups is 1. The van der Waals surface area contributed by atoms with Crippen LogP contribution in [-0.4, -0.2) is 44.4 Å². The largest absolute Gasteiger partial charge is 0.497 e. The quantitative estimate of drug-likeness (QED) is 0.411. The molecule has 9 heteroatoms. The van der Waals surface area contributed by atoms with Crippen LogP contribution in [-0.2, 0) is 0 Å². The SMILES string of the molecule is COc1ccc(C(=O)N(C(=O)c2ccc(OC)cc2)c2nc(OC)c(C=O)cc2F)cc1. The van der Waals surface area contributed by atoms with Crippen LogP contribution < -0.4 is 19.1 Å². The first-order valence-electron chi connectivity index (χ1n) is 9.30. The predicted octanol–water partition coefficient (Wildman–Crippen LogP) is 3.55. The van der Waals surface area contributed by atoms with Gasteiger partial charge in [0.1, 0.15) is 11.5 Å². The van der Waals surface area contributed by atoms with Gasteiger partial charge in [0.25, 0.3) is 11.8 Å². The monoisotopic (exact) mass is 438 g/mol. The van der Waals surface area contributed by atoms with Crippen LogP contribution in [0.25, 0.3) is 0 Å². The van der Waals surface area contributed by atoms with Crippen LogP contribution in [0, 0.1) is 5.82 Å². The summed E-state index contributed by atoms with van der Waals surface area (Å²) in [7, 11) is 4.17. The van der Waals surface area contributed by atoms with Gasteiger partial charge in [0.05, 0.1) is 26.9 Å². The molecular formula is C23H19FN2O6. The molecule has 164 valence electrons. The molecule has 0 radical (unpaired) electrons. The number of pyridine rings is 1. The van der Waals surface area contributed by atoms with Crippen molar-refractivity contribution in [2.75, 3.05) is 26.2 Å². The number of methoxy groups -OCH3 is 3. The van der Waals surface area contributed by atoms with Gasteiger partial charge in [-0.25, -0.2) is 9.29 Å². The summed E-state index contributed by atoms with van der Waals surface area (Å²) < 4.78 is 30.1. The first kappa shape index (κ1) is 22.4. The van der Waals surface area contributed by atoms with Crippen LogP contribution in [0.4, 0.5) is 10.2 Å². The fourth-order valence-corrected chi connectivity index (χ4v) is 2.89. The van der Waals surface area contributed by atoms with Crippen molar-refractivity contribution >= 4 is 23.9 Å². The first-order chi connectivity index (χ1) is 15.4. The van der Waals surface area contributed by atoms with E-state index in [1.165, 1.54) is 69.9 Å². The minimum absolute atomic E-state index is 0.0901. The molecule has 0 N–H and O–H groups in total. The second kappa shape index (κ2) is 9.69. The van der Waals surface area contributed by atoms with Crippen LogP contribution in [0.5, 0.6) is 17.4 Å². The molecule has 2 aromatic carbocycles. The number of halogens is 1. The van der Waals surface area contributed by atoms with E-state index in [9.17, 15) is 18.8 Å². The summed E-state index contributed by atoms with van der Waals surface area (Å²) in [6.07, 6.45) is 0.361. The van der Waals surface area contributed by atoms with Crippen LogP contribution >= 0.6 is 0 Å². The van der Waals surface area contributed by atoms with Crippen molar-refractivity contribution in [2.45, 2.75) is 0 Å². The summed E-state index contributed by atoms with van der Waals surface area (Å²) in [5, 5.41) is 0. The van der Waals surface area contributed by atoms with Crippen molar-refractivity contribution in [1.29, 1.82) is 0 Å². The molecule has 0 bridgehead atoms. The van der Waals surface area contributed by atoms with Crippen LogP contribution in [0.1, 0.15) is 31.1 Å². The number of benzene rings is 2. The van der Waals surface area contributed by atoms with Gasteiger partial charge in [-0.05, 0) is 54.6 Å². The molecule has 0 aliphatic carbocycles. The van der Waals surface area contributed by atoms with Crippen molar-refractivity contribution < 1.29 is 33.0 Å². The number of aldehydes is 1. The third-order valence-electron chi connectivity index (χ3n) is 4.56. The Balaban J connectivity index is 2.15. The third kappa shape index (κ3) is 4.41. The molecule has 0 aliphatic rings. The molecule has 0 unspecified atom stereocenters. The Bertz CT molecular complexity index is 1090. The van der Waals surface area contributed by atoms with Gasteiger partial charge in [0, 0.05) is 11.1 Å². The summed E-state index contributed by atoms with van der Waals surface area (Å²) in [6, 6.07) is 12.7. The standard InChI is InChI=1S/C23H19FN2O6/c1-30-17-8-4-14(5-9-17)22(28)26(23(29)15-6-10-18(31-2)11-7-15)20-19(24)12-16(13-27)21(25-20)32-3/h4-13H,1-3H3. The molecule has 2 amide bonds. The highest BCUT2D eigenvalue weighted by atomic mass is 19.1. The molecule has 1 heterocycles. The van der Waals surface area contributed by atoms with Gasteiger partial charge < -0.3 is 14.2 Å². The number of carbonyl (C=O) groups is 3. The molecule has 0 saturated carbocycles. The second-order valence-electron chi connectivity index (χ2n) is 6.41. The van der Waals surface area contributed by atoms with E-state index >= 15 is 0 Å². The number of hydrogen-bond acceptors (Lipinski definition) is 7. The lowest BCUT2D eigenvalue weighted by Gasteiger charge is -2.21. The van der Waals surface area contributed by atoms with Crippen molar-refractivity contribution in [2.24, 2.45) is 0 Å². The fraction of sp³-hybridized carbons (Fsp3) is 0.130. The van der Waals surface area contributed by atoms with Gasteiger partial charge in [-0.15, -0.1) is 0 Å². The Morgan fingerprint density at radius 1 is 0.844 bits per heavy atom. The molecule has 32 heavy (non-hydrogen) atoms. The number of rotatable bonds is 7. The minimum atomic E-state index is -1.04. The van der Waals surface area contributed by atoms with Gasteiger partial charge in [-0.3, -0.25) is 14.4 Å². The molecule has 0 aliphatic heterocycles. The van der Waals surface area contributed by atoms with Crippen LogP contribution in [0.3, 0.4) is 0 Å². The van der Waals surface area contributed by atoms with Crippen molar-refractivity contribution in [3.05, 3.63) is 77.1 Å². The topological polar surface area (TPSA) is 95.0 Å². The summed E-state index contributed by atoms with van der Waals surface area (Å²) in [4.78, 5) is 42.3. The number of nitrogens with zero attached hydrogens (tertiary/aromatic N) is 2. The maximum atomic E-state index is 14.9. The van der Waals surface area contributed by atoms with E-state index in [2.05, 4.69) is 4.98 Å². The first-order valence-corrected chi connectivity index (χ1v) is 9.30. The molecular weight excluding hydrogens is 419 g/mol. The average Bonchev–Trinajstić information content (AvgIpc) is 2.84. The highest BCUT2D eigenvalue weighted by Crippen LogP contribution is 2.27. The molecule has 0 spiro atoms. The van der Waals surface area contributed by atoms with Crippen molar-refractivity contribution in [3.63, 3.8) is 0 Å². The number of amides is 2. The molecule has 3 rings (SSSR count). The van der Waals surface area contributed by atoms with E-state index in [-0.39, 0.29) is 22.6 Å². The third-order valence-corrected chi connectivity index (χ3v) is 4.56. The fourth-order valence-electron chi connectivity index (χ4n) is 2.89. The zero-order chi connectivity index (χ0) is 23.3. The molecule has 0 saturated heterocycles. The number of anilines is 1. The normalized spacial score (nSPS) is 10.2. The zero-order valence-electron chi connectivity index (χ0n) is 17.5. The maximum absolute atomic E-state index is 14.9. The Hall–Kier alpha value is -4.27. The molecule has 1 aromatic heterocycles. The van der Waals surface area contributed by atoms with Crippen molar-refractivity contribution in [1.82, 2.24) is 4.98 Å². The van der Waals surface area contributed by atoms with E-state index in [4.69, 9.17) is 14.2 Å². The van der Waals surface area contributed by atoms with Crippen LogP contribution in [0.2, 0.25) is 0 Å². The summed E-state index contributed by atoms with van der Waals surface area (Å²) in [6.45, 7) is 0. The second-order valence-corrected chi connectivity index (χ2v) is 6.41. The van der Waals surface area contributed by atoms with Gasteiger partial charge in [0.15, 0.2) is 17.9 Å². The lowest BCUT2D eigenvalue weighted by atomic mass is 10.1. The highest BCUT2D eigenvalue weighted by Gasteiger charge is 2.31. The maximum Gasteiger partial charge on any atom is 0.266 e. The summed E-state index contributed by atoms with van der Waals surface area (Å²) >= 11 is 0. The average molecular weight is 438 g/mol. The van der Waals surface area contributed by atoms with Gasteiger partial charge in [0.2, 0.25) is 5.88 Å². The predicted molar refractivity (Wildman–Crippen MR) is 113 cm³/mol. The van der Waals surface area contributed by atoms with Crippen LogP contribution in [0.15, 0.2) is 54.6 Å². The highest BCUT2D eigenvalue weighted by molar-refractivity contribution is 6.25. The molecule has 3 aromatic rings. The van der Waals surface area contributed by atoms with Gasteiger partial charge in [-0.2, -0.15) is 4.98 Å². The Morgan fingerprint density at radius 3 is 1.69 bits per heavy atom. The van der Waals surface area contributed by atoms with E-state index in [1.54, 1.807) is 0 Å².